The van der Waals surface area contributed by atoms with Crippen LogP contribution in [0.25, 0.3) is 22.9 Å². The van der Waals surface area contributed by atoms with E-state index in [1.54, 1.807) is 13.1 Å². The smallest absolute Gasteiger partial charge is 0.265 e. The number of rotatable bonds is 3. The van der Waals surface area contributed by atoms with Gasteiger partial charge < -0.3 is 10.2 Å². The first kappa shape index (κ1) is 18.2. The maximum atomic E-state index is 13.3. The van der Waals surface area contributed by atoms with E-state index >= 15 is 0 Å². The molecule has 1 saturated heterocycles. The van der Waals surface area contributed by atoms with Crippen molar-refractivity contribution in [3.8, 4) is 6.07 Å². The molecular formula is C24H21N5O. The van der Waals surface area contributed by atoms with Crippen LogP contribution in [0.4, 0.5) is 11.4 Å². The predicted octanol–water partition coefficient (Wildman–Crippen LogP) is 3.20. The van der Waals surface area contributed by atoms with Crippen LogP contribution < -0.4 is 21.0 Å². The predicted molar refractivity (Wildman–Crippen MR) is 120 cm³/mol. The second kappa shape index (κ2) is 7.20. The Morgan fingerprint density at radius 2 is 1.83 bits per heavy atom. The van der Waals surface area contributed by atoms with Crippen LogP contribution in [0.3, 0.4) is 0 Å². The maximum absolute atomic E-state index is 13.3. The second-order valence-electron chi connectivity index (χ2n) is 7.62. The van der Waals surface area contributed by atoms with E-state index in [4.69, 9.17) is 0 Å². The van der Waals surface area contributed by atoms with Crippen LogP contribution in [0.1, 0.15) is 24.0 Å². The monoisotopic (exact) mass is 395 g/mol. The van der Waals surface area contributed by atoms with Crippen LogP contribution in [-0.4, -0.2) is 22.5 Å². The van der Waals surface area contributed by atoms with Crippen molar-refractivity contribution in [1.82, 2.24) is 9.38 Å². The Kier molecular flexibility index (Phi) is 4.36. The first-order valence-corrected chi connectivity index (χ1v) is 10.1. The van der Waals surface area contributed by atoms with Gasteiger partial charge in [-0.2, -0.15) is 5.26 Å². The third-order valence-corrected chi connectivity index (χ3v) is 5.83. The number of pyridine rings is 1. The minimum absolute atomic E-state index is 0.184. The topological polar surface area (TPSA) is 73.4 Å². The minimum Gasteiger partial charge on any atom is -0.372 e. The Labute approximate surface area is 173 Å². The summed E-state index contributed by atoms with van der Waals surface area (Å²) in [5.41, 5.74) is 4.80. The van der Waals surface area contributed by atoms with Crippen LogP contribution >= 0.6 is 0 Å². The van der Waals surface area contributed by atoms with Gasteiger partial charge in [-0.15, -0.1) is 0 Å². The number of fused-ring (bicyclic) bond motifs is 3. The number of hydrogen-bond acceptors (Lipinski definition) is 5. The van der Waals surface area contributed by atoms with Crippen LogP contribution in [0.5, 0.6) is 0 Å². The van der Waals surface area contributed by atoms with Crippen LogP contribution in [0.2, 0.25) is 0 Å². The molecule has 2 aromatic heterocycles. The van der Waals surface area contributed by atoms with E-state index in [0.717, 1.165) is 18.8 Å². The zero-order valence-electron chi connectivity index (χ0n) is 16.7. The van der Waals surface area contributed by atoms with Gasteiger partial charge in [-0.3, -0.25) is 9.20 Å². The molecule has 3 heterocycles. The van der Waals surface area contributed by atoms with E-state index in [-0.39, 0.29) is 5.56 Å². The number of hydrogen-bond donors (Lipinski definition) is 1. The molecule has 0 atom stereocenters. The molecule has 0 unspecified atom stereocenters. The van der Waals surface area contributed by atoms with Crippen molar-refractivity contribution in [2.45, 2.75) is 19.8 Å². The highest BCUT2D eigenvalue weighted by Gasteiger charge is 2.16. The van der Waals surface area contributed by atoms with Gasteiger partial charge in [0.05, 0.1) is 21.8 Å². The van der Waals surface area contributed by atoms with E-state index in [0.29, 0.717) is 33.0 Å². The first-order valence-electron chi connectivity index (χ1n) is 10.1. The van der Waals surface area contributed by atoms with Gasteiger partial charge >= 0.3 is 0 Å². The Hall–Kier alpha value is -3.85. The van der Waals surface area contributed by atoms with Crippen molar-refractivity contribution in [2.24, 2.45) is 0 Å². The number of nitrogens with zero attached hydrogens (tertiary/aromatic N) is 4. The molecule has 1 aliphatic rings. The molecule has 148 valence electrons. The van der Waals surface area contributed by atoms with Gasteiger partial charge in [0.15, 0.2) is 5.65 Å². The van der Waals surface area contributed by atoms with Crippen molar-refractivity contribution in [3.63, 3.8) is 0 Å². The number of benzene rings is 2. The highest BCUT2D eigenvalue weighted by molar-refractivity contribution is 5.82. The van der Waals surface area contributed by atoms with Crippen LogP contribution in [-0.2, 0) is 0 Å². The fraction of sp³-hybridized carbons (Fsp3) is 0.208. The van der Waals surface area contributed by atoms with Gasteiger partial charge in [0, 0.05) is 30.7 Å². The standard InChI is InChI=1S/C24H21N5O/c1-16-19(14-25)23-27-21-6-2-3-7-22(21)29(23)24(30)20(16)15-26-17-8-10-18(11-9-17)28-12-4-5-13-28/h2-3,6-11,15,26H,4-5,12-13H2,1H3/b20-15+. The lowest BCUT2D eigenvalue weighted by atomic mass is 10.1. The molecule has 1 aliphatic heterocycles. The van der Waals surface area contributed by atoms with Crippen molar-refractivity contribution < 1.29 is 0 Å². The lowest BCUT2D eigenvalue weighted by molar-refractivity contribution is 0.949. The van der Waals surface area contributed by atoms with Crippen molar-refractivity contribution in [1.29, 1.82) is 5.26 Å². The summed E-state index contributed by atoms with van der Waals surface area (Å²) < 4.78 is 1.53. The van der Waals surface area contributed by atoms with Gasteiger partial charge in [0.25, 0.3) is 5.56 Å². The molecule has 0 aliphatic carbocycles. The summed E-state index contributed by atoms with van der Waals surface area (Å²) in [5.74, 6) is 0. The normalized spacial score (nSPS) is 14.5. The number of para-hydroxylation sites is 2. The summed E-state index contributed by atoms with van der Waals surface area (Å²) in [5, 5.41) is 13.4. The van der Waals surface area contributed by atoms with E-state index in [1.807, 2.05) is 36.4 Å². The molecular weight excluding hydrogens is 374 g/mol. The van der Waals surface area contributed by atoms with Gasteiger partial charge in [-0.05, 0) is 61.7 Å². The maximum Gasteiger partial charge on any atom is 0.265 e. The van der Waals surface area contributed by atoms with E-state index < -0.39 is 0 Å². The van der Waals surface area contributed by atoms with Crippen molar-refractivity contribution >= 4 is 34.3 Å². The average Bonchev–Trinajstić information content (AvgIpc) is 3.43. The van der Waals surface area contributed by atoms with Crippen LogP contribution in [0, 0.1) is 18.3 Å². The van der Waals surface area contributed by atoms with E-state index in [9.17, 15) is 10.1 Å². The Bertz CT molecular complexity index is 1410. The highest BCUT2D eigenvalue weighted by atomic mass is 16.1. The van der Waals surface area contributed by atoms with Gasteiger partial charge in [-0.25, -0.2) is 4.98 Å². The van der Waals surface area contributed by atoms with E-state index in [1.165, 1.54) is 22.9 Å². The molecule has 6 heteroatoms. The summed E-state index contributed by atoms with van der Waals surface area (Å²) >= 11 is 0. The molecule has 2 aromatic carbocycles. The SMILES string of the molecule is Cc1c(C#N)c2nc3ccccc3n2c(=O)/c1=C/Nc1ccc(N2CCCC2)cc1. The molecule has 0 saturated carbocycles. The number of aromatic nitrogens is 2. The summed E-state index contributed by atoms with van der Waals surface area (Å²) in [6, 6.07) is 17.9. The second-order valence-corrected chi connectivity index (χ2v) is 7.62. The van der Waals surface area contributed by atoms with Gasteiger partial charge in [0.1, 0.15) is 6.07 Å². The molecule has 5 rings (SSSR count). The van der Waals surface area contributed by atoms with Gasteiger partial charge in [0.2, 0.25) is 0 Å². The Morgan fingerprint density at radius 1 is 1.10 bits per heavy atom. The molecule has 1 fully saturated rings. The number of nitrogens with one attached hydrogen (secondary N) is 1. The van der Waals surface area contributed by atoms with Crippen molar-refractivity contribution in [2.75, 3.05) is 23.3 Å². The minimum atomic E-state index is -0.184. The zero-order chi connectivity index (χ0) is 20.7. The lowest BCUT2D eigenvalue weighted by Crippen LogP contribution is -2.34. The molecule has 0 radical (unpaired) electrons. The third kappa shape index (κ3) is 2.87. The fourth-order valence-corrected chi connectivity index (χ4v) is 4.19. The fourth-order valence-electron chi connectivity index (χ4n) is 4.19. The summed E-state index contributed by atoms with van der Waals surface area (Å²) in [6.45, 7) is 4.00. The quantitative estimate of drug-likeness (QED) is 0.577. The summed E-state index contributed by atoms with van der Waals surface area (Å²) in [4.78, 5) is 20.2. The molecule has 1 N–H and O–H groups in total. The highest BCUT2D eigenvalue weighted by Crippen LogP contribution is 2.22. The summed E-state index contributed by atoms with van der Waals surface area (Å²) in [6.07, 6.45) is 4.18. The average molecular weight is 395 g/mol. The van der Waals surface area contributed by atoms with Gasteiger partial charge in [-0.1, -0.05) is 12.1 Å². The number of nitriles is 1. The Balaban J connectivity index is 1.60. The number of anilines is 2. The zero-order valence-corrected chi connectivity index (χ0v) is 16.7. The summed E-state index contributed by atoms with van der Waals surface area (Å²) in [7, 11) is 0. The molecule has 30 heavy (non-hydrogen) atoms. The molecule has 0 bridgehead atoms. The molecule has 0 amide bonds. The molecule has 4 aromatic rings. The molecule has 6 nitrogen and oxygen atoms in total. The third-order valence-electron chi connectivity index (χ3n) is 5.83. The largest absolute Gasteiger partial charge is 0.372 e. The van der Waals surface area contributed by atoms with Crippen LogP contribution in [0.15, 0.2) is 53.3 Å². The first-order chi connectivity index (χ1) is 14.7. The van der Waals surface area contributed by atoms with E-state index in [2.05, 4.69) is 33.4 Å². The van der Waals surface area contributed by atoms with Crippen molar-refractivity contribution in [3.05, 3.63) is 75.2 Å². The Morgan fingerprint density at radius 3 is 2.57 bits per heavy atom. The lowest BCUT2D eigenvalue weighted by Gasteiger charge is -2.17. The number of imidazole rings is 1. The molecule has 0 spiro atoms.